The van der Waals surface area contributed by atoms with Crippen LogP contribution in [0.2, 0.25) is 0 Å². The molecule has 0 radical (unpaired) electrons. The van der Waals surface area contributed by atoms with Gasteiger partial charge in [0.05, 0.1) is 29.0 Å². The lowest BCUT2D eigenvalue weighted by Gasteiger charge is -2.36. The summed E-state index contributed by atoms with van der Waals surface area (Å²) in [4.78, 5) is 23.9. The minimum Gasteiger partial charge on any atom is -0.367 e. The number of piperidine rings is 1. The Bertz CT molecular complexity index is 1050. The fraction of sp³-hybridized carbons (Fsp3) is 0.455. The standard InChI is InChI=1S/C22H28N6O/c1-16-10-11-21(29)28(26-16)14-13-27-12-6-5-7-18(27)15-23-22-17(2)24-19-8-3-4-9-20(19)25-22/h3-4,8-11,18H,5-7,12-15H2,1-2H3,(H,23,25). The molecule has 1 aromatic carbocycles. The van der Waals surface area contributed by atoms with Crippen LogP contribution in [0.1, 0.15) is 30.7 Å². The molecule has 1 aliphatic rings. The SMILES string of the molecule is Cc1ccc(=O)n(CCN2CCCCC2CNc2nc3ccccc3nc2C)n1. The van der Waals surface area contributed by atoms with Gasteiger partial charge in [-0.3, -0.25) is 9.69 Å². The number of para-hydroxylation sites is 2. The summed E-state index contributed by atoms with van der Waals surface area (Å²) >= 11 is 0. The minimum absolute atomic E-state index is 0.0376. The van der Waals surface area contributed by atoms with E-state index in [1.807, 2.05) is 38.1 Å². The van der Waals surface area contributed by atoms with E-state index in [4.69, 9.17) is 4.98 Å². The molecule has 1 atom stereocenters. The molecule has 0 saturated carbocycles. The number of nitrogens with zero attached hydrogens (tertiary/aromatic N) is 5. The molecule has 29 heavy (non-hydrogen) atoms. The number of rotatable bonds is 6. The van der Waals surface area contributed by atoms with Gasteiger partial charge in [0.25, 0.3) is 5.56 Å². The first-order valence-corrected chi connectivity index (χ1v) is 10.4. The molecule has 7 heteroatoms. The molecule has 1 N–H and O–H groups in total. The van der Waals surface area contributed by atoms with Gasteiger partial charge in [0.2, 0.25) is 0 Å². The van der Waals surface area contributed by atoms with E-state index in [0.717, 1.165) is 54.3 Å². The van der Waals surface area contributed by atoms with Gasteiger partial charge in [-0.2, -0.15) is 5.10 Å². The van der Waals surface area contributed by atoms with Gasteiger partial charge in [0, 0.05) is 25.2 Å². The molecule has 1 aliphatic heterocycles. The van der Waals surface area contributed by atoms with Crippen LogP contribution < -0.4 is 10.9 Å². The predicted octanol–water partition coefficient (Wildman–Crippen LogP) is 2.77. The lowest BCUT2D eigenvalue weighted by molar-refractivity contribution is 0.148. The Morgan fingerprint density at radius 3 is 2.66 bits per heavy atom. The summed E-state index contributed by atoms with van der Waals surface area (Å²) in [6.45, 7) is 7.23. The second kappa shape index (κ2) is 8.69. The van der Waals surface area contributed by atoms with Crippen LogP contribution in [0.4, 0.5) is 5.82 Å². The molecule has 3 heterocycles. The van der Waals surface area contributed by atoms with Gasteiger partial charge in [-0.05, 0) is 51.4 Å². The van der Waals surface area contributed by atoms with E-state index in [1.54, 1.807) is 16.8 Å². The van der Waals surface area contributed by atoms with Crippen LogP contribution in [0, 0.1) is 13.8 Å². The number of nitrogens with one attached hydrogen (secondary N) is 1. The zero-order chi connectivity index (χ0) is 20.2. The monoisotopic (exact) mass is 392 g/mol. The van der Waals surface area contributed by atoms with Gasteiger partial charge >= 0.3 is 0 Å². The second-order valence-corrected chi connectivity index (χ2v) is 7.75. The van der Waals surface area contributed by atoms with E-state index >= 15 is 0 Å². The van der Waals surface area contributed by atoms with Gasteiger partial charge < -0.3 is 5.32 Å². The molecule has 0 aliphatic carbocycles. The molecule has 0 spiro atoms. The van der Waals surface area contributed by atoms with Crippen molar-refractivity contribution in [2.45, 2.75) is 45.7 Å². The molecular formula is C22H28N6O. The molecule has 152 valence electrons. The summed E-state index contributed by atoms with van der Waals surface area (Å²) < 4.78 is 1.58. The predicted molar refractivity (Wildman–Crippen MR) is 115 cm³/mol. The highest BCUT2D eigenvalue weighted by atomic mass is 16.1. The molecule has 7 nitrogen and oxygen atoms in total. The Morgan fingerprint density at radius 1 is 1.03 bits per heavy atom. The van der Waals surface area contributed by atoms with Crippen LogP contribution in [0.5, 0.6) is 0 Å². The Labute approximate surface area is 170 Å². The van der Waals surface area contributed by atoms with Crippen molar-refractivity contribution < 1.29 is 0 Å². The average molecular weight is 393 g/mol. The highest BCUT2D eigenvalue weighted by Gasteiger charge is 2.22. The fourth-order valence-corrected chi connectivity index (χ4v) is 3.99. The van der Waals surface area contributed by atoms with Crippen molar-refractivity contribution >= 4 is 16.9 Å². The van der Waals surface area contributed by atoms with E-state index in [1.165, 1.54) is 12.8 Å². The number of fused-ring (bicyclic) bond motifs is 1. The minimum atomic E-state index is -0.0376. The first kappa shape index (κ1) is 19.5. The average Bonchev–Trinajstić information content (AvgIpc) is 2.73. The van der Waals surface area contributed by atoms with Crippen LogP contribution in [-0.2, 0) is 6.54 Å². The smallest absolute Gasteiger partial charge is 0.266 e. The van der Waals surface area contributed by atoms with Gasteiger partial charge in [0.1, 0.15) is 5.82 Å². The number of benzene rings is 1. The number of aromatic nitrogens is 4. The van der Waals surface area contributed by atoms with Crippen LogP contribution in [0.25, 0.3) is 11.0 Å². The van der Waals surface area contributed by atoms with Gasteiger partial charge in [-0.15, -0.1) is 0 Å². The van der Waals surface area contributed by atoms with Crippen molar-refractivity contribution in [2.24, 2.45) is 0 Å². The van der Waals surface area contributed by atoms with Crippen molar-refractivity contribution in [1.29, 1.82) is 0 Å². The molecule has 1 saturated heterocycles. The number of aryl methyl sites for hydroxylation is 2. The summed E-state index contributed by atoms with van der Waals surface area (Å²) in [6, 6.07) is 11.7. The Kier molecular flexibility index (Phi) is 5.85. The maximum atomic E-state index is 12.0. The number of hydrogen-bond donors (Lipinski definition) is 1. The fourth-order valence-electron chi connectivity index (χ4n) is 3.99. The molecular weight excluding hydrogens is 364 g/mol. The first-order valence-electron chi connectivity index (χ1n) is 10.4. The third kappa shape index (κ3) is 4.62. The third-order valence-corrected chi connectivity index (χ3v) is 5.60. The Hall–Kier alpha value is -2.80. The number of hydrogen-bond acceptors (Lipinski definition) is 6. The van der Waals surface area contributed by atoms with Crippen molar-refractivity contribution in [3.05, 3.63) is 58.1 Å². The molecule has 1 fully saturated rings. The quantitative estimate of drug-likeness (QED) is 0.695. The van der Waals surface area contributed by atoms with Crippen LogP contribution in [0.3, 0.4) is 0 Å². The van der Waals surface area contributed by atoms with Gasteiger partial charge in [-0.1, -0.05) is 18.6 Å². The van der Waals surface area contributed by atoms with E-state index in [0.29, 0.717) is 12.6 Å². The zero-order valence-electron chi connectivity index (χ0n) is 17.1. The van der Waals surface area contributed by atoms with Crippen LogP contribution in [-0.4, -0.2) is 50.3 Å². The van der Waals surface area contributed by atoms with Gasteiger partial charge in [-0.25, -0.2) is 14.6 Å². The van der Waals surface area contributed by atoms with Gasteiger partial charge in [0.15, 0.2) is 0 Å². The van der Waals surface area contributed by atoms with Crippen molar-refractivity contribution in [1.82, 2.24) is 24.6 Å². The van der Waals surface area contributed by atoms with Crippen molar-refractivity contribution in [3.63, 3.8) is 0 Å². The number of anilines is 1. The zero-order valence-corrected chi connectivity index (χ0v) is 17.1. The molecule has 4 rings (SSSR count). The number of likely N-dealkylation sites (tertiary alicyclic amines) is 1. The van der Waals surface area contributed by atoms with Crippen molar-refractivity contribution in [3.8, 4) is 0 Å². The van der Waals surface area contributed by atoms with E-state index in [2.05, 4.69) is 20.3 Å². The summed E-state index contributed by atoms with van der Waals surface area (Å²) in [5.41, 5.74) is 3.58. The van der Waals surface area contributed by atoms with Crippen LogP contribution in [0.15, 0.2) is 41.2 Å². The summed E-state index contributed by atoms with van der Waals surface area (Å²) in [5, 5.41) is 7.88. The molecule has 0 amide bonds. The van der Waals surface area contributed by atoms with E-state index in [-0.39, 0.29) is 5.56 Å². The molecule has 3 aromatic rings. The lowest BCUT2D eigenvalue weighted by Crippen LogP contribution is -2.45. The lowest BCUT2D eigenvalue weighted by atomic mass is 10.0. The highest BCUT2D eigenvalue weighted by Crippen LogP contribution is 2.20. The maximum Gasteiger partial charge on any atom is 0.266 e. The second-order valence-electron chi connectivity index (χ2n) is 7.75. The third-order valence-electron chi connectivity index (χ3n) is 5.60. The summed E-state index contributed by atoms with van der Waals surface area (Å²) in [6.07, 6.45) is 3.57. The Morgan fingerprint density at radius 2 is 1.83 bits per heavy atom. The van der Waals surface area contributed by atoms with E-state index < -0.39 is 0 Å². The molecule has 0 bridgehead atoms. The first-order chi connectivity index (χ1) is 14.1. The molecule has 2 aromatic heterocycles. The summed E-state index contributed by atoms with van der Waals surface area (Å²) in [7, 11) is 0. The maximum absolute atomic E-state index is 12.0. The van der Waals surface area contributed by atoms with Crippen LogP contribution >= 0.6 is 0 Å². The van der Waals surface area contributed by atoms with E-state index in [9.17, 15) is 4.79 Å². The highest BCUT2D eigenvalue weighted by molar-refractivity contribution is 5.76. The summed E-state index contributed by atoms with van der Waals surface area (Å²) in [5.74, 6) is 0.853. The topological polar surface area (TPSA) is 75.9 Å². The van der Waals surface area contributed by atoms with Crippen molar-refractivity contribution in [2.75, 3.05) is 25.0 Å². The molecule has 1 unspecified atom stereocenters. The Balaban J connectivity index is 1.42. The largest absolute Gasteiger partial charge is 0.367 e. The normalized spacial score (nSPS) is 17.5.